The summed E-state index contributed by atoms with van der Waals surface area (Å²) in [5, 5.41) is 2.93. The van der Waals surface area contributed by atoms with Crippen molar-refractivity contribution < 1.29 is 19.1 Å². The van der Waals surface area contributed by atoms with Crippen LogP contribution in [-0.4, -0.2) is 31.1 Å². The van der Waals surface area contributed by atoms with E-state index in [-0.39, 0.29) is 18.6 Å². The fraction of sp³-hybridized carbons (Fsp3) is 0.500. The summed E-state index contributed by atoms with van der Waals surface area (Å²) in [5.74, 6) is 0.656. The van der Waals surface area contributed by atoms with Crippen LogP contribution in [0.3, 0.4) is 0 Å². The number of para-hydroxylation sites is 1. The quantitative estimate of drug-likeness (QED) is 0.608. The molecule has 0 spiro atoms. The molecule has 136 valence electrons. The number of hydrogen-bond acceptors (Lipinski definition) is 4. The van der Waals surface area contributed by atoms with Crippen LogP contribution in [0.15, 0.2) is 30.3 Å². The number of carbonyl (C=O) groups excluding carboxylic acids is 2. The van der Waals surface area contributed by atoms with Crippen molar-refractivity contribution in [2.24, 2.45) is 5.92 Å². The Hall–Kier alpha value is -2.30. The van der Waals surface area contributed by atoms with E-state index in [0.29, 0.717) is 12.4 Å². The highest BCUT2D eigenvalue weighted by Crippen LogP contribution is 2.23. The summed E-state index contributed by atoms with van der Waals surface area (Å²) < 4.78 is 10.5. The smallest absolute Gasteiger partial charge is 0.331 e. The molecule has 5 heteroatoms. The lowest BCUT2D eigenvalue weighted by Crippen LogP contribution is -2.39. The highest BCUT2D eigenvalue weighted by molar-refractivity contribution is 5.89. The maximum atomic E-state index is 11.9. The Labute approximate surface area is 149 Å². The highest BCUT2D eigenvalue weighted by atomic mass is 16.5. The van der Waals surface area contributed by atoms with Gasteiger partial charge in [-0.2, -0.15) is 0 Å². The molecular weight excluding hydrogens is 318 g/mol. The molecule has 5 nitrogen and oxygen atoms in total. The molecule has 0 atom stereocenters. The lowest BCUT2D eigenvalue weighted by atomic mass is 9.87. The van der Waals surface area contributed by atoms with E-state index in [4.69, 9.17) is 9.47 Å². The summed E-state index contributed by atoms with van der Waals surface area (Å²) in [6, 6.07) is 7.64. The molecule has 1 saturated carbocycles. The zero-order chi connectivity index (χ0) is 18.1. The van der Waals surface area contributed by atoms with Crippen molar-refractivity contribution in [1.82, 2.24) is 5.32 Å². The van der Waals surface area contributed by atoms with Gasteiger partial charge < -0.3 is 14.8 Å². The molecule has 1 amide bonds. The minimum absolute atomic E-state index is 0.205. The largest absolute Gasteiger partial charge is 0.493 e. The van der Waals surface area contributed by atoms with Crippen LogP contribution < -0.4 is 10.1 Å². The van der Waals surface area contributed by atoms with Crippen LogP contribution in [-0.2, 0) is 14.3 Å². The van der Waals surface area contributed by atoms with Crippen LogP contribution in [0, 0.1) is 5.92 Å². The normalized spacial score (nSPS) is 20.2. The van der Waals surface area contributed by atoms with Crippen molar-refractivity contribution in [3.05, 3.63) is 35.9 Å². The molecule has 1 aliphatic carbocycles. The number of hydrogen-bond donors (Lipinski definition) is 1. The fourth-order valence-corrected chi connectivity index (χ4v) is 2.92. The lowest BCUT2D eigenvalue weighted by molar-refractivity contribution is -0.144. The Kier molecular flexibility index (Phi) is 7.51. The molecule has 25 heavy (non-hydrogen) atoms. The minimum atomic E-state index is -0.543. The number of ether oxygens (including phenoxy) is 2. The van der Waals surface area contributed by atoms with Gasteiger partial charge in [0.25, 0.3) is 5.91 Å². The molecule has 1 aromatic rings. The summed E-state index contributed by atoms with van der Waals surface area (Å²) in [5.41, 5.74) is 0.794. The third kappa shape index (κ3) is 6.61. The summed E-state index contributed by atoms with van der Waals surface area (Å²) in [4.78, 5) is 23.7. The average molecular weight is 345 g/mol. The highest BCUT2D eigenvalue weighted by Gasteiger charge is 2.19. The van der Waals surface area contributed by atoms with Crippen molar-refractivity contribution in [1.29, 1.82) is 0 Å². The third-order valence-corrected chi connectivity index (χ3v) is 4.34. The molecule has 1 N–H and O–H groups in total. The van der Waals surface area contributed by atoms with Gasteiger partial charge in [-0.25, -0.2) is 4.79 Å². The summed E-state index contributed by atoms with van der Waals surface area (Å²) in [6.45, 7) is 4.44. The maximum absolute atomic E-state index is 11.9. The Morgan fingerprint density at radius 2 is 1.92 bits per heavy atom. The van der Waals surface area contributed by atoms with Gasteiger partial charge >= 0.3 is 5.97 Å². The van der Waals surface area contributed by atoms with Crippen molar-refractivity contribution in [3.8, 4) is 5.75 Å². The van der Waals surface area contributed by atoms with E-state index < -0.39 is 5.97 Å². The number of esters is 1. The predicted octanol–water partition coefficient (Wildman–Crippen LogP) is 3.34. The first-order chi connectivity index (χ1) is 12.1. The van der Waals surface area contributed by atoms with Crippen LogP contribution in [0.25, 0.3) is 6.08 Å². The van der Waals surface area contributed by atoms with Crippen molar-refractivity contribution >= 4 is 18.0 Å². The Bertz CT molecular complexity index is 603. The predicted molar refractivity (Wildman–Crippen MR) is 97.2 cm³/mol. The Balaban J connectivity index is 1.75. The van der Waals surface area contributed by atoms with Gasteiger partial charge in [-0.05, 0) is 50.7 Å². The molecule has 1 fully saturated rings. The molecule has 0 heterocycles. The fourth-order valence-electron chi connectivity index (χ4n) is 2.92. The van der Waals surface area contributed by atoms with Gasteiger partial charge in [-0.3, -0.25) is 4.79 Å². The second-order valence-electron chi connectivity index (χ2n) is 6.44. The second kappa shape index (κ2) is 9.87. The third-order valence-electron chi connectivity index (χ3n) is 4.34. The average Bonchev–Trinajstić information content (AvgIpc) is 2.61. The van der Waals surface area contributed by atoms with E-state index in [1.54, 1.807) is 6.08 Å². The van der Waals surface area contributed by atoms with Gasteiger partial charge in [0.15, 0.2) is 6.61 Å². The van der Waals surface area contributed by atoms with Crippen molar-refractivity contribution in [2.75, 3.05) is 13.2 Å². The summed E-state index contributed by atoms with van der Waals surface area (Å²) in [6.07, 6.45) is 7.20. The number of benzene rings is 1. The monoisotopic (exact) mass is 345 g/mol. The number of carbonyl (C=O) groups is 2. The maximum Gasteiger partial charge on any atom is 0.331 e. The Morgan fingerprint density at radius 1 is 1.20 bits per heavy atom. The molecule has 0 unspecified atom stereocenters. The molecule has 1 aromatic carbocycles. The van der Waals surface area contributed by atoms with Crippen LogP contribution in [0.2, 0.25) is 0 Å². The standard InChI is InChI=1S/C20H27NO4/c1-3-24-18-7-5-4-6-16(18)10-13-20(23)25-14-19(22)21-17-11-8-15(2)9-12-17/h4-7,10,13,15,17H,3,8-9,11-12,14H2,1-2H3,(H,21,22)/b13-10+. The number of rotatable bonds is 7. The summed E-state index contributed by atoms with van der Waals surface area (Å²) in [7, 11) is 0. The van der Waals surface area contributed by atoms with Crippen molar-refractivity contribution in [3.63, 3.8) is 0 Å². The topological polar surface area (TPSA) is 64.6 Å². The molecular formula is C20H27NO4. The van der Waals surface area contributed by atoms with E-state index in [9.17, 15) is 9.59 Å². The zero-order valence-corrected chi connectivity index (χ0v) is 15.0. The van der Waals surface area contributed by atoms with Crippen LogP contribution in [0.1, 0.15) is 45.1 Å². The Morgan fingerprint density at radius 3 is 2.64 bits per heavy atom. The van der Waals surface area contributed by atoms with E-state index >= 15 is 0 Å². The van der Waals surface area contributed by atoms with E-state index in [1.165, 1.54) is 6.08 Å². The lowest BCUT2D eigenvalue weighted by Gasteiger charge is -2.26. The van der Waals surface area contributed by atoms with Crippen LogP contribution >= 0.6 is 0 Å². The summed E-state index contributed by atoms with van der Waals surface area (Å²) >= 11 is 0. The molecule has 0 aromatic heterocycles. The van der Waals surface area contributed by atoms with Crippen molar-refractivity contribution in [2.45, 2.75) is 45.6 Å². The molecule has 0 radical (unpaired) electrons. The first kappa shape index (κ1) is 19.0. The first-order valence-corrected chi connectivity index (χ1v) is 8.94. The number of amides is 1. The van der Waals surface area contributed by atoms with E-state index in [2.05, 4.69) is 12.2 Å². The molecule has 0 saturated heterocycles. The first-order valence-electron chi connectivity index (χ1n) is 8.94. The van der Waals surface area contributed by atoms with Crippen LogP contribution in [0.5, 0.6) is 5.75 Å². The van der Waals surface area contributed by atoms with E-state index in [0.717, 1.165) is 37.2 Å². The van der Waals surface area contributed by atoms with Gasteiger partial charge in [0, 0.05) is 17.7 Å². The van der Waals surface area contributed by atoms with E-state index in [1.807, 2.05) is 31.2 Å². The zero-order valence-electron chi connectivity index (χ0n) is 15.0. The van der Waals surface area contributed by atoms with Gasteiger partial charge in [0.1, 0.15) is 5.75 Å². The minimum Gasteiger partial charge on any atom is -0.493 e. The number of nitrogens with one attached hydrogen (secondary N) is 1. The molecule has 1 aliphatic rings. The SMILES string of the molecule is CCOc1ccccc1/C=C/C(=O)OCC(=O)NC1CCC(C)CC1. The molecule has 0 aliphatic heterocycles. The van der Waals surface area contributed by atoms with Gasteiger partial charge in [0.2, 0.25) is 0 Å². The molecule has 2 rings (SSSR count). The van der Waals surface area contributed by atoms with Crippen LogP contribution in [0.4, 0.5) is 0 Å². The molecule has 0 bridgehead atoms. The van der Waals surface area contributed by atoms with Gasteiger partial charge in [-0.15, -0.1) is 0 Å². The van der Waals surface area contributed by atoms with Gasteiger partial charge in [-0.1, -0.05) is 25.1 Å². The van der Waals surface area contributed by atoms with Gasteiger partial charge in [0.05, 0.1) is 6.61 Å². The second-order valence-corrected chi connectivity index (χ2v) is 6.44.